The minimum atomic E-state index is -0.226. The molecule has 4 unspecified atom stereocenters. The lowest BCUT2D eigenvalue weighted by Gasteiger charge is -2.49. The molecule has 4 atom stereocenters. The molecule has 1 fully saturated rings. The third kappa shape index (κ3) is 1.72. The van der Waals surface area contributed by atoms with Gasteiger partial charge in [-0.15, -0.1) is 0 Å². The van der Waals surface area contributed by atoms with Crippen LogP contribution in [0.5, 0.6) is 0 Å². The summed E-state index contributed by atoms with van der Waals surface area (Å²) >= 11 is 0. The van der Waals surface area contributed by atoms with Crippen LogP contribution < -0.4 is 0 Å². The number of benzene rings is 1. The van der Waals surface area contributed by atoms with Crippen molar-refractivity contribution in [2.75, 3.05) is 0 Å². The Labute approximate surface area is 109 Å². The number of hydrogen-bond donors (Lipinski definition) is 1. The lowest BCUT2D eigenvalue weighted by molar-refractivity contribution is -0.0471. The molecule has 2 bridgehead atoms. The van der Waals surface area contributed by atoms with E-state index in [1.807, 2.05) is 6.07 Å². The summed E-state index contributed by atoms with van der Waals surface area (Å²) in [5, 5.41) is 10.2. The first-order chi connectivity index (χ1) is 8.61. The molecular weight excluding hydrogens is 222 g/mol. The minimum absolute atomic E-state index is 0.0970. The number of rotatable bonds is 2. The second-order valence-electron chi connectivity index (χ2n) is 5.89. The molecule has 0 amide bonds. The van der Waals surface area contributed by atoms with E-state index in [0.717, 1.165) is 13.0 Å². The molecule has 2 nitrogen and oxygen atoms in total. The molecule has 2 aliphatic rings. The van der Waals surface area contributed by atoms with Crippen LogP contribution in [0.2, 0.25) is 0 Å². The topological polar surface area (TPSA) is 23.5 Å². The fourth-order valence-corrected chi connectivity index (χ4v) is 3.39. The van der Waals surface area contributed by atoms with Gasteiger partial charge in [-0.05, 0) is 24.8 Å². The highest BCUT2D eigenvalue weighted by Crippen LogP contribution is 2.43. The highest BCUT2D eigenvalue weighted by atomic mass is 16.3. The molecule has 0 aliphatic carbocycles. The third-order valence-electron chi connectivity index (χ3n) is 4.79. The van der Waals surface area contributed by atoms with Gasteiger partial charge >= 0.3 is 0 Å². The van der Waals surface area contributed by atoms with Crippen molar-refractivity contribution in [2.24, 2.45) is 5.92 Å². The van der Waals surface area contributed by atoms with Gasteiger partial charge in [0.15, 0.2) is 0 Å². The Morgan fingerprint density at radius 1 is 1.33 bits per heavy atom. The van der Waals surface area contributed by atoms with Crippen LogP contribution in [0, 0.1) is 5.92 Å². The molecule has 3 rings (SSSR count). The maximum Gasteiger partial charge on any atom is 0.0734 e. The van der Waals surface area contributed by atoms with Gasteiger partial charge in [-0.25, -0.2) is 0 Å². The molecule has 2 heterocycles. The Morgan fingerprint density at radius 3 is 2.78 bits per heavy atom. The maximum atomic E-state index is 10.2. The number of hydrogen-bond acceptors (Lipinski definition) is 2. The van der Waals surface area contributed by atoms with Crippen molar-refractivity contribution in [1.29, 1.82) is 0 Å². The molecule has 1 saturated heterocycles. The van der Waals surface area contributed by atoms with Gasteiger partial charge in [0.1, 0.15) is 0 Å². The summed E-state index contributed by atoms with van der Waals surface area (Å²) in [6.45, 7) is 5.45. The van der Waals surface area contributed by atoms with Crippen LogP contribution in [0.25, 0.3) is 0 Å². The van der Waals surface area contributed by atoms with Gasteiger partial charge in [0.05, 0.1) is 12.1 Å². The maximum absolute atomic E-state index is 10.2. The molecule has 2 aliphatic heterocycles. The quantitative estimate of drug-likeness (QED) is 0.807. The zero-order valence-electron chi connectivity index (χ0n) is 11.1. The molecule has 0 spiro atoms. The van der Waals surface area contributed by atoms with Gasteiger partial charge in [0.25, 0.3) is 0 Å². The van der Waals surface area contributed by atoms with Crippen LogP contribution in [0.4, 0.5) is 0 Å². The Bertz CT molecular complexity index is 455. The summed E-state index contributed by atoms with van der Waals surface area (Å²) in [6, 6.07) is 10.7. The van der Waals surface area contributed by atoms with Crippen LogP contribution in [0.1, 0.15) is 25.8 Å². The van der Waals surface area contributed by atoms with Gasteiger partial charge < -0.3 is 5.11 Å². The smallest absolute Gasteiger partial charge is 0.0734 e. The molecule has 18 heavy (non-hydrogen) atoms. The summed E-state index contributed by atoms with van der Waals surface area (Å²) < 4.78 is 0. The van der Waals surface area contributed by atoms with Crippen molar-refractivity contribution in [1.82, 2.24) is 4.90 Å². The van der Waals surface area contributed by atoms with Crippen molar-refractivity contribution in [3.05, 3.63) is 48.0 Å². The average molecular weight is 243 g/mol. The number of aliphatic hydroxyl groups excluding tert-OH is 1. The van der Waals surface area contributed by atoms with Crippen LogP contribution in [-0.4, -0.2) is 27.7 Å². The summed E-state index contributed by atoms with van der Waals surface area (Å²) in [5.41, 5.74) is 1.42. The number of piperidine rings is 1. The normalized spacial score (nSPS) is 39.2. The van der Waals surface area contributed by atoms with E-state index in [1.54, 1.807) is 0 Å². The van der Waals surface area contributed by atoms with E-state index in [9.17, 15) is 5.11 Å². The second-order valence-corrected chi connectivity index (χ2v) is 5.89. The highest BCUT2D eigenvalue weighted by molar-refractivity contribution is 5.26. The van der Waals surface area contributed by atoms with Gasteiger partial charge in [-0.1, -0.05) is 49.4 Å². The molecule has 1 N–H and O–H groups in total. The van der Waals surface area contributed by atoms with E-state index < -0.39 is 0 Å². The lowest BCUT2D eigenvalue weighted by atomic mass is 9.79. The summed E-state index contributed by atoms with van der Waals surface area (Å²) in [6.07, 6.45) is 5.16. The Balaban J connectivity index is 1.88. The van der Waals surface area contributed by atoms with E-state index in [-0.39, 0.29) is 17.7 Å². The molecule has 2 heteroatoms. The lowest BCUT2D eigenvalue weighted by Crippen LogP contribution is -2.57. The van der Waals surface area contributed by atoms with E-state index in [1.165, 1.54) is 5.56 Å². The number of aliphatic hydroxyl groups is 1. The molecule has 1 aromatic carbocycles. The largest absolute Gasteiger partial charge is 0.391 e. The zero-order chi connectivity index (χ0) is 12.8. The van der Waals surface area contributed by atoms with Crippen LogP contribution in [0.15, 0.2) is 42.5 Å². The van der Waals surface area contributed by atoms with E-state index in [2.05, 4.69) is 55.2 Å². The van der Waals surface area contributed by atoms with E-state index in [0.29, 0.717) is 5.92 Å². The third-order valence-corrected chi connectivity index (χ3v) is 4.79. The van der Waals surface area contributed by atoms with Gasteiger partial charge in [0, 0.05) is 12.1 Å². The Hall–Kier alpha value is -1.12. The van der Waals surface area contributed by atoms with E-state index in [4.69, 9.17) is 0 Å². The first kappa shape index (κ1) is 11.9. The molecule has 0 saturated carbocycles. The van der Waals surface area contributed by atoms with E-state index >= 15 is 0 Å². The first-order valence-corrected chi connectivity index (χ1v) is 6.79. The zero-order valence-corrected chi connectivity index (χ0v) is 11.1. The van der Waals surface area contributed by atoms with Crippen LogP contribution in [0.3, 0.4) is 0 Å². The van der Waals surface area contributed by atoms with Gasteiger partial charge in [-0.3, -0.25) is 4.90 Å². The average Bonchev–Trinajstić information content (AvgIpc) is 2.64. The summed E-state index contributed by atoms with van der Waals surface area (Å²) in [7, 11) is 0. The standard InChI is InChI=1S/C16H21NO/c1-12-10-15(18)14-8-9-16(12,2)17(14)11-13-6-4-3-5-7-13/h3-9,12,14-15,18H,10-11H2,1-2H3. The van der Waals surface area contributed by atoms with Crippen molar-refractivity contribution >= 4 is 0 Å². The second kappa shape index (κ2) is 4.22. The minimum Gasteiger partial charge on any atom is -0.391 e. The first-order valence-electron chi connectivity index (χ1n) is 6.79. The highest BCUT2D eigenvalue weighted by Gasteiger charge is 2.49. The molecule has 0 radical (unpaired) electrons. The molecule has 1 aromatic rings. The fourth-order valence-electron chi connectivity index (χ4n) is 3.39. The van der Waals surface area contributed by atoms with Crippen LogP contribution in [-0.2, 0) is 6.54 Å². The van der Waals surface area contributed by atoms with Crippen molar-refractivity contribution in [3.8, 4) is 0 Å². The van der Waals surface area contributed by atoms with Crippen molar-refractivity contribution in [2.45, 2.75) is 44.5 Å². The van der Waals surface area contributed by atoms with Crippen molar-refractivity contribution in [3.63, 3.8) is 0 Å². The summed E-state index contributed by atoms with van der Waals surface area (Å²) in [5.74, 6) is 0.492. The van der Waals surface area contributed by atoms with Crippen molar-refractivity contribution < 1.29 is 5.11 Å². The van der Waals surface area contributed by atoms with Gasteiger partial charge in [-0.2, -0.15) is 0 Å². The predicted molar refractivity (Wildman–Crippen MR) is 73.1 cm³/mol. The van der Waals surface area contributed by atoms with Gasteiger partial charge in [0.2, 0.25) is 0 Å². The SMILES string of the molecule is CC1CC(O)C2C=CC1(C)N2Cc1ccccc1. The fraction of sp³-hybridized carbons (Fsp3) is 0.500. The summed E-state index contributed by atoms with van der Waals surface area (Å²) in [4.78, 5) is 2.45. The number of fused-ring (bicyclic) bond motifs is 2. The molecular formula is C16H21NO. The predicted octanol–water partition coefficient (Wildman–Crippen LogP) is 2.59. The van der Waals surface area contributed by atoms with Crippen LogP contribution >= 0.6 is 0 Å². The monoisotopic (exact) mass is 243 g/mol. The molecule has 96 valence electrons. The Morgan fingerprint density at radius 2 is 2.06 bits per heavy atom. The molecule has 0 aromatic heterocycles. The number of nitrogens with zero attached hydrogens (tertiary/aromatic N) is 1. The Kier molecular flexibility index (Phi) is 2.80.